The van der Waals surface area contributed by atoms with Gasteiger partial charge in [-0.3, -0.25) is 4.79 Å². The van der Waals surface area contributed by atoms with Crippen LogP contribution in [0.15, 0.2) is 36.4 Å². The average Bonchev–Trinajstić information content (AvgIpc) is 2.44. The summed E-state index contributed by atoms with van der Waals surface area (Å²) >= 11 is 11.7. The molecule has 0 radical (unpaired) electrons. The Morgan fingerprint density at radius 3 is 2.67 bits per heavy atom. The number of rotatable bonds is 5. The van der Waals surface area contributed by atoms with Crippen molar-refractivity contribution in [3.8, 4) is 5.75 Å². The van der Waals surface area contributed by atoms with E-state index >= 15 is 0 Å². The topological polar surface area (TPSA) is 51.2 Å². The molecular weight excluding hydrogens is 311 g/mol. The van der Waals surface area contributed by atoms with E-state index in [4.69, 9.17) is 27.9 Å². The number of nitrogens with zero attached hydrogens (tertiary/aromatic N) is 1. The summed E-state index contributed by atoms with van der Waals surface area (Å²) in [5.74, 6) is 0.535. The monoisotopic (exact) mass is 324 g/mol. The number of carbonyl (C=O) groups is 1. The Labute approximate surface area is 133 Å². The van der Waals surface area contributed by atoms with Crippen LogP contribution in [-0.2, 0) is 4.79 Å². The lowest BCUT2D eigenvalue weighted by molar-refractivity contribution is -0.116. The summed E-state index contributed by atoms with van der Waals surface area (Å²) in [6, 6.07) is 11.0. The van der Waals surface area contributed by atoms with Crippen molar-refractivity contribution in [2.24, 2.45) is 0 Å². The molecule has 0 unspecified atom stereocenters. The van der Waals surface area contributed by atoms with E-state index < -0.39 is 0 Å². The number of halogens is 2. The number of ether oxygens (including phenoxy) is 1. The highest BCUT2D eigenvalue weighted by Crippen LogP contribution is 2.26. The molecule has 1 aromatic heterocycles. The first-order chi connectivity index (χ1) is 10.1. The fourth-order valence-corrected chi connectivity index (χ4v) is 2.30. The van der Waals surface area contributed by atoms with Crippen LogP contribution in [0.3, 0.4) is 0 Å². The number of amides is 1. The van der Waals surface area contributed by atoms with Gasteiger partial charge in [0, 0.05) is 0 Å². The van der Waals surface area contributed by atoms with Gasteiger partial charge in [0.05, 0.1) is 18.7 Å². The number of carbonyl (C=O) groups excluding carboxylic acids is 1. The number of pyridine rings is 1. The van der Waals surface area contributed by atoms with E-state index in [1.54, 1.807) is 13.0 Å². The molecule has 1 amide bonds. The Balaban J connectivity index is 1.88. The van der Waals surface area contributed by atoms with Crippen LogP contribution < -0.4 is 10.1 Å². The van der Waals surface area contributed by atoms with E-state index in [1.807, 2.05) is 30.3 Å². The number of nitrogens with one attached hydrogen (secondary N) is 1. The molecule has 1 heterocycles. The molecule has 2 aromatic rings. The van der Waals surface area contributed by atoms with Crippen molar-refractivity contribution >= 4 is 34.8 Å². The maximum atomic E-state index is 11.9. The summed E-state index contributed by atoms with van der Waals surface area (Å²) in [4.78, 5) is 15.8. The zero-order chi connectivity index (χ0) is 15.2. The van der Waals surface area contributed by atoms with E-state index in [9.17, 15) is 4.79 Å². The van der Waals surface area contributed by atoms with Gasteiger partial charge in [-0.25, -0.2) is 4.98 Å². The molecule has 0 saturated heterocycles. The Morgan fingerprint density at radius 2 is 2.00 bits per heavy atom. The minimum absolute atomic E-state index is 0.178. The van der Waals surface area contributed by atoms with Crippen LogP contribution in [0.2, 0.25) is 10.3 Å². The second-order valence-electron chi connectivity index (χ2n) is 4.39. The van der Waals surface area contributed by atoms with Crippen LogP contribution >= 0.6 is 23.2 Å². The minimum atomic E-state index is -0.194. The molecule has 0 aliphatic carbocycles. The number of aryl methyl sites for hydroxylation is 1. The number of anilines is 1. The van der Waals surface area contributed by atoms with Crippen molar-refractivity contribution < 1.29 is 9.53 Å². The number of hydrogen-bond donors (Lipinski definition) is 1. The lowest BCUT2D eigenvalue weighted by Gasteiger charge is -2.10. The second-order valence-corrected chi connectivity index (χ2v) is 5.13. The second kappa shape index (κ2) is 7.29. The maximum absolute atomic E-state index is 11.9. The number of aromatic nitrogens is 1. The van der Waals surface area contributed by atoms with Gasteiger partial charge in [0.1, 0.15) is 10.9 Å². The van der Waals surface area contributed by atoms with Gasteiger partial charge in [-0.1, -0.05) is 41.4 Å². The molecule has 0 saturated carbocycles. The van der Waals surface area contributed by atoms with Crippen molar-refractivity contribution in [2.75, 3.05) is 11.9 Å². The molecule has 0 aliphatic heterocycles. The van der Waals surface area contributed by atoms with Crippen molar-refractivity contribution in [2.45, 2.75) is 13.3 Å². The SMILES string of the molecule is Cc1cc(Cl)nc(Cl)c1NC(=O)CCOc1ccccc1. The Kier molecular flexibility index (Phi) is 5.42. The Bertz CT molecular complexity index is 610. The third kappa shape index (κ3) is 4.62. The molecule has 0 aliphatic rings. The summed E-state index contributed by atoms with van der Waals surface area (Å²) in [6.07, 6.45) is 0.216. The fourth-order valence-electron chi connectivity index (χ4n) is 1.73. The minimum Gasteiger partial charge on any atom is -0.493 e. The molecule has 0 spiro atoms. The molecule has 6 heteroatoms. The van der Waals surface area contributed by atoms with Gasteiger partial charge in [0.25, 0.3) is 0 Å². The quantitative estimate of drug-likeness (QED) is 0.842. The van der Waals surface area contributed by atoms with E-state index in [-0.39, 0.29) is 24.1 Å². The van der Waals surface area contributed by atoms with Gasteiger partial charge in [-0.2, -0.15) is 0 Å². The van der Waals surface area contributed by atoms with Crippen molar-refractivity contribution in [3.63, 3.8) is 0 Å². The van der Waals surface area contributed by atoms with Crippen LogP contribution in [0.4, 0.5) is 5.69 Å². The highest BCUT2D eigenvalue weighted by molar-refractivity contribution is 6.34. The van der Waals surface area contributed by atoms with Gasteiger partial charge in [-0.05, 0) is 30.7 Å². The van der Waals surface area contributed by atoms with Crippen molar-refractivity contribution in [3.05, 3.63) is 52.3 Å². The van der Waals surface area contributed by atoms with Gasteiger partial charge in [-0.15, -0.1) is 0 Å². The molecule has 0 fully saturated rings. The Hall–Kier alpha value is -1.78. The number of benzene rings is 1. The van der Waals surface area contributed by atoms with Crippen LogP contribution in [-0.4, -0.2) is 17.5 Å². The van der Waals surface area contributed by atoms with Crippen LogP contribution in [0, 0.1) is 6.92 Å². The van der Waals surface area contributed by atoms with E-state index in [2.05, 4.69) is 10.3 Å². The molecule has 2 rings (SSSR count). The summed E-state index contributed by atoms with van der Waals surface area (Å²) < 4.78 is 5.46. The predicted octanol–water partition coefficient (Wildman–Crippen LogP) is 4.10. The van der Waals surface area contributed by atoms with Crippen LogP contribution in [0.25, 0.3) is 0 Å². The van der Waals surface area contributed by atoms with Crippen molar-refractivity contribution in [1.29, 1.82) is 0 Å². The largest absolute Gasteiger partial charge is 0.493 e. The van der Waals surface area contributed by atoms with Crippen molar-refractivity contribution in [1.82, 2.24) is 4.98 Å². The van der Waals surface area contributed by atoms with Gasteiger partial charge >= 0.3 is 0 Å². The van der Waals surface area contributed by atoms with Gasteiger partial charge < -0.3 is 10.1 Å². The fraction of sp³-hybridized carbons (Fsp3) is 0.200. The lowest BCUT2D eigenvalue weighted by atomic mass is 10.2. The first-order valence-electron chi connectivity index (χ1n) is 6.36. The summed E-state index contributed by atoms with van der Waals surface area (Å²) in [7, 11) is 0. The predicted molar refractivity (Wildman–Crippen MR) is 84.2 cm³/mol. The van der Waals surface area contributed by atoms with Gasteiger partial charge in [0.15, 0.2) is 5.15 Å². The average molecular weight is 325 g/mol. The molecule has 4 nitrogen and oxygen atoms in total. The Morgan fingerprint density at radius 1 is 1.29 bits per heavy atom. The standard InChI is InChI=1S/C15H14Cl2N2O2/c1-10-9-12(16)18-15(17)14(10)19-13(20)7-8-21-11-5-3-2-4-6-11/h2-6,9H,7-8H2,1H3,(H,19,20). The molecule has 0 atom stereocenters. The first-order valence-corrected chi connectivity index (χ1v) is 7.12. The third-order valence-corrected chi connectivity index (χ3v) is 3.21. The van der Waals surface area contributed by atoms with Crippen LogP contribution in [0.1, 0.15) is 12.0 Å². The normalized spacial score (nSPS) is 10.2. The molecule has 21 heavy (non-hydrogen) atoms. The van der Waals surface area contributed by atoms with Gasteiger partial charge in [0.2, 0.25) is 5.91 Å². The summed E-state index contributed by atoms with van der Waals surface area (Å²) in [5, 5.41) is 3.19. The number of para-hydroxylation sites is 1. The lowest BCUT2D eigenvalue weighted by Crippen LogP contribution is -2.16. The highest BCUT2D eigenvalue weighted by atomic mass is 35.5. The summed E-state index contributed by atoms with van der Waals surface area (Å²) in [6.45, 7) is 2.09. The van der Waals surface area contributed by atoms with Crippen LogP contribution in [0.5, 0.6) is 5.75 Å². The summed E-state index contributed by atoms with van der Waals surface area (Å²) in [5.41, 5.74) is 1.24. The number of hydrogen-bond acceptors (Lipinski definition) is 3. The van der Waals surface area contributed by atoms with E-state index in [1.165, 1.54) is 0 Å². The first kappa shape index (κ1) is 15.6. The smallest absolute Gasteiger partial charge is 0.227 e. The molecule has 0 bridgehead atoms. The molecule has 1 aromatic carbocycles. The zero-order valence-electron chi connectivity index (χ0n) is 11.4. The molecular formula is C15H14Cl2N2O2. The highest BCUT2D eigenvalue weighted by Gasteiger charge is 2.11. The molecule has 110 valence electrons. The molecule has 1 N–H and O–H groups in total. The zero-order valence-corrected chi connectivity index (χ0v) is 12.9. The van der Waals surface area contributed by atoms with E-state index in [0.29, 0.717) is 10.8 Å². The maximum Gasteiger partial charge on any atom is 0.227 e. The third-order valence-electron chi connectivity index (χ3n) is 2.75. The van der Waals surface area contributed by atoms with E-state index in [0.717, 1.165) is 11.3 Å².